The molecule has 4 rings (SSSR count). The average Bonchev–Trinajstić information content (AvgIpc) is 3.14. The summed E-state index contributed by atoms with van der Waals surface area (Å²) in [6, 6.07) is 0. The van der Waals surface area contributed by atoms with Gasteiger partial charge in [0.25, 0.3) is 0 Å². The smallest absolute Gasteiger partial charge is 0.331 e. The third-order valence-corrected chi connectivity index (χ3v) is 11.3. The lowest BCUT2D eigenvalue weighted by molar-refractivity contribution is -0.153. The molecule has 5 nitrogen and oxygen atoms in total. The van der Waals surface area contributed by atoms with Gasteiger partial charge in [-0.3, -0.25) is 4.79 Å². The Kier molecular flexibility index (Phi) is 8.27. The number of carbonyl (C=O) groups excluding carboxylic acids is 2. The zero-order valence-corrected chi connectivity index (χ0v) is 24.0. The quantitative estimate of drug-likeness (QED) is 0.205. The Labute approximate surface area is 219 Å². The van der Waals surface area contributed by atoms with Crippen LogP contribution in [0.25, 0.3) is 0 Å². The van der Waals surface area contributed by atoms with Crippen molar-refractivity contribution in [1.82, 2.24) is 0 Å². The zero-order valence-electron chi connectivity index (χ0n) is 24.0. The van der Waals surface area contributed by atoms with E-state index in [0.717, 1.165) is 55.1 Å². The van der Waals surface area contributed by atoms with Crippen molar-refractivity contribution in [1.29, 1.82) is 0 Å². The number of hydrogen-bond donors (Lipinski definition) is 0. The van der Waals surface area contributed by atoms with E-state index in [2.05, 4.69) is 39.8 Å². The molecule has 5 heteroatoms. The second kappa shape index (κ2) is 10.8. The fourth-order valence-corrected chi connectivity index (χ4v) is 9.62. The van der Waals surface area contributed by atoms with Crippen LogP contribution >= 0.6 is 0 Å². The summed E-state index contributed by atoms with van der Waals surface area (Å²) in [5.41, 5.74) is 1.58. The summed E-state index contributed by atoms with van der Waals surface area (Å²) in [5, 5.41) is 4.49. The summed E-state index contributed by atoms with van der Waals surface area (Å²) < 4.78 is 5.67. The molecule has 36 heavy (non-hydrogen) atoms. The molecule has 0 aromatic carbocycles. The Morgan fingerprint density at radius 1 is 0.944 bits per heavy atom. The molecule has 0 aromatic rings. The predicted octanol–water partition coefficient (Wildman–Crippen LogP) is 7.57. The summed E-state index contributed by atoms with van der Waals surface area (Å²) in [4.78, 5) is 28.7. The summed E-state index contributed by atoms with van der Waals surface area (Å²) in [7, 11) is 0. The first kappa shape index (κ1) is 27.6. The fraction of sp³-hybridized carbons (Fsp3) is 0.903. The van der Waals surface area contributed by atoms with Crippen molar-refractivity contribution in [2.24, 2.45) is 57.4 Å². The molecule has 0 heterocycles. The molecule has 204 valence electrons. The molecule has 9 atom stereocenters. The highest BCUT2D eigenvalue weighted by Crippen LogP contribution is 2.68. The van der Waals surface area contributed by atoms with Crippen LogP contribution in [0.15, 0.2) is 5.16 Å². The van der Waals surface area contributed by atoms with Crippen LogP contribution in [-0.4, -0.2) is 23.8 Å². The second-order valence-electron chi connectivity index (χ2n) is 13.8. The van der Waals surface area contributed by atoms with E-state index in [1.54, 1.807) is 0 Å². The normalized spacial score (nSPS) is 41.8. The van der Waals surface area contributed by atoms with Crippen molar-refractivity contribution < 1.29 is 19.2 Å². The molecule has 0 radical (unpaired) electrons. The maximum atomic E-state index is 11.7. The summed E-state index contributed by atoms with van der Waals surface area (Å²) in [5.74, 6) is 4.05. The molecule has 0 aliphatic heterocycles. The Hall–Kier alpha value is -1.39. The van der Waals surface area contributed by atoms with Gasteiger partial charge in [0.1, 0.15) is 6.10 Å². The molecular weight excluding hydrogens is 450 g/mol. The van der Waals surface area contributed by atoms with E-state index in [1.807, 2.05) is 0 Å². The molecule has 0 bridgehead atoms. The molecule has 4 aliphatic rings. The molecule has 0 spiro atoms. The average molecular weight is 502 g/mol. The fourth-order valence-electron chi connectivity index (χ4n) is 9.62. The largest absolute Gasteiger partial charge is 0.463 e. The van der Waals surface area contributed by atoms with E-state index in [4.69, 9.17) is 9.57 Å². The number of fused-ring (bicyclic) bond motifs is 5. The lowest BCUT2D eigenvalue weighted by Crippen LogP contribution is -2.57. The van der Waals surface area contributed by atoms with Crippen LogP contribution in [-0.2, 0) is 19.2 Å². The number of hydrogen-bond acceptors (Lipinski definition) is 5. The van der Waals surface area contributed by atoms with Gasteiger partial charge in [0.05, 0.1) is 5.71 Å². The van der Waals surface area contributed by atoms with Crippen molar-refractivity contribution in [2.45, 2.75) is 125 Å². The van der Waals surface area contributed by atoms with Gasteiger partial charge in [-0.25, -0.2) is 4.79 Å². The van der Waals surface area contributed by atoms with E-state index in [9.17, 15) is 9.59 Å². The summed E-state index contributed by atoms with van der Waals surface area (Å²) in [6.45, 7) is 15.2. The number of oxime groups is 1. The summed E-state index contributed by atoms with van der Waals surface area (Å²) >= 11 is 0. The van der Waals surface area contributed by atoms with Crippen molar-refractivity contribution in [3.63, 3.8) is 0 Å². The van der Waals surface area contributed by atoms with Crippen molar-refractivity contribution in [2.75, 3.05) is 0 Å². The lowest BCUT2D eigenvalue weighted by Gasteiger charge is -2.61. The third kappa shape index (κ3) is 5.27. The van der Waals surface area contributed by atoms with Gasteiger partial charge < -0.3 is 9.57 Å². The van der Waals surface area contributed by atoms with Gasteiger partial charge in [-0.1, -0.05) is 59.0 Å². The van der Waals surface area contributed by atoms with Crippen LogP contribution in [0.4, 0.5) is 0 Å². The molecule has 0 aromatic heterocycles. The number of esters is 1. The minimum atomic E-state index is -0.358. The minimum absolute atomic E-state index is 0.0592. The monoisotopic (exact) mass is 501 g/mol. The van der Waals surface area contributed by atoms with Crippen LogP contribution in [0.5, 0.6) is 0 Å². The second-order valence-corrected chi connectivity index (χ2v) is 13.8. The standard InChI is InChI=1S/C31H51NO4/c1-19(2)9-8-10-20(3)25-11-12-26-24-18-29(32-36-22(5)34)28-17-23(35-21(4)33)13-15-31(28,7)27(24)14-16-30(25,26)6/h19-20,23-28H,8-18H2,1-7H3/b32-29-/t20-,23-,24+,25-,26+,27+,28-,30-,31-/m1/s1. The van der Waals surface area contributed by atoms with Gasteiger partial charge >= 0.3 is 11.9 Å². The topological polar surface area (TPSA) is 65.0 Å². The highest BCUT2D eigenvalue weighted by molar-refractivity contribution is 5.89. The summed E-state index contributed by atoms with van der Waals surface area (Å²) in [6.07, 6.45) is 13.0. The zero-order chi connectivity index (χ0) is 26.3. The van der Waals surface area contributed by atoms with E-state index in [1.165, 1.54) is 58.8 Å². The number of ether oxygens (including phenoxy) is 1. The Balaban J connectivity index is 1.57. The van der Waals surface area contributed by atoms with E-state index >= 15 is 0 Å². The number of rotatable bonds is 7. The van der Waals surface area contributed by atoms with Gasteiger partial charge in [-0.05, 0) is 97.7 Å². The maximum Gasteiger partial charge on any atom is 0.331 e. The first-order valence-corrected chi connectivity index (χ1v) is 14.9. The molecule has 0 unspecified atom stereocenters. The molecule has 4 aliphatic carbocycles. The molecular formula is C31H51NO4. The van der Waals surface area contributed by atoms with Crippen molar-refractivity contribution in [3.05, 3.63) is 0 Å². The molecule has 0 amide bonds. The van der Waals surface area contributed by atoms with Gasteiger partial charge in [0.15, 0.2) is 0 Å². The van der Waals surface area contributed by atoms with Gasteiger partial charge in [0.2, 0.25) is 0 Å². The van der Waals surface area contributed by atoms with Crippen LogP contribution < -0.4 is 0 Å². The first-order valence-electron chi connectivity index (χ1n) is 14.9. The van der Waals surface area contributed by atoms with E-state index in [-0.39, 0.29) is 29.4 Å². The highest BCUT2D eigenvalue weighted by Gasteiger charge is 2.62. The van der Waals surface area contributed by atoms with Crippen LogP contribution in [0, 0.1) is 52.3 Å². The number of carbonyl (C=O) groups is 2. The minimum Gasteiger partial charge on any atom is -0.463 e. The molecule has 4 saturated carbocycles. The molecule has 0 saturated heterocycles. The van der Waals surface area contributed by atoms with Crippen LogP contribution in [0.2, 0.25) is 0 Å². The Morgan fingerprint density at radius 3 is 2.31 bits per heavy atom. The Morgan fingerprint density at radius 2 is 1.64 bits per heavy atom. The van der Waals surface area contributed by atoms with Crippen LogP contribution in [0.3, 0.4) is 0 Å². The van der Waals surface area contributed by atoms with Crippen molar-refractivity contribution in [3.8, 4) is 0 Å². The van der Waals surface area contributed by atoms with Gasteiger partial charge in [-0.2, -0.15) is 0 Å². The van der Waals surface area contributed by atoms with Gasteiger partial charge in [0, 0.05) is 19.8 Å². The SMILES string of the molecule is CC(=O)O/N=C1/C[C@@H]2[C@H](CC[C@]3(C)[C@@H]([C@H](C)CCCC(C)C)CC[C@@H]23)[C@@]2(C)CC[C@@H](OC(C)=O)C[C@H]12. The van der Waals surface area contributed by atoms with Crippen LogP contribution in [0.1, 0.15) is 119 Å². The van der Waals surface area contributed by atoms with Crippen molar-refractivity contribution >= 4 is 17.7 Å². The molecule has 4 fully saturated rings. The number of nitrogens with zero attached hydrogens (tertiary/aromatic N) is 1. The lowest BCUT2D eigenvalue weighted by atomic mass is 9.44. The Bertz CT molecular complexity index is 852. The van der Waals surface area contributed by atoms with E-state index < -0.39 is 0 Å². The first-order chi connectivity index (χ1) is 17.0. The molecule has 0 N–H and O–H groups in total. The predicted molar refractivity (Wildman–Crippen MR) is 143 cm³/mol. The van der Waals surface area contributed by atoms with E-state index in [0.29, 0.717) is 17.3 Å². The van der Waals surface area contributed by atoms with Gasteiger partial charge in [-0.15, -0.1) is 0 Å². The maximum absolute atomic E-state index is 11.7. The highest BCUT2D eigenvalue weighted by atomic mass is 16.7. The third-order valence-electron chi connectivity index (χ3n) is 11.3.